The highest BCUT2D eigenvalue weighted by Crippen LogP contribution is 2.49. The molecule has 4 aromatic rings. The Morgan fingerprint density at radius 3 is 1.74 bits per heavy atom. The molecule has 5 rings (SSSR count). The largest absolute Gasteiger partial charge is 0.461 e. The van der Waals surface area contributed by atoms with Crippen molar-refractivity contribution >= 4 is 12.0 Å². The van der Waals surface area contributed by atoms with E-state index in [0.29, 0.717) is 5.92 Å². The number of carbonyl (C=O) groups is 1. The minimum absolute atomic E-state index is 0.119. The molecule has 0 aliphatic heterocycles. The second kappa shape index (κ2) is 12.7. The fourth-order valence-corrected chi connectivity index (χ4v) is 6.94. The molecule has 1 aliphatic rings. The molecular formula is C38H39NO3. The van der Waals surface area contributed by atoms with Gasteiger partial charge in [-0.15, -0.1) is 0 Å². The number of isocyanates is 1. The molecule has 4 atom stereocenters. The summed E-state index contributed by atoms with van der Waals surface area (Å²) in [5.41, 5.74) is 1.78. The van der Waals surface area contributed by atoms with Gasteiger partial charge in [-0.25, -0.2) is 4.79 Å². The summed E-state index contributed by atoms with van der Waals surface area (Å²) < 4.78 is 6.78. The van der Waals surface area contributed by atoms with E-state index in [0.717, 1.165) is 36.0 Å². The summed E-state index contributed by atoms with van der Waals surface area (Å²) in [5, 5.41) is 0. The molecule has 0 spiro atoms. The highest BCUT2D eigenvalue weighted by atomic mass is 16.5. The van der Waals surface area contributed by atoms with Gasteiger partial charge in [-0.2, -0.15) is 4.99 Å². The third-order valence-corrected chi connectivity index (χ3v) is 9.24. The Morgan fingerprint density at radius 1 is 0.762 bits per heavy atom. The fourth-order valence-electron chi connectivity index (χ4n) is 6.94. The summed E-state index contributed by atoms with van der Waals surface area (Å²) >= 11 is 0. The van der Waals surface area contributed by atoms with Crippen molar-refractivity contribution in [1.29, 1.82) is 0 Å². The molecular weight excluding hydrogens is 518 g/mol. The van der Waals surface area contributed by atoms with Gasteiger partial charge in [-0.1, -0.05) is 149 Å². The number of benzene rings is 4. The van der Waals surface area contributed by atoms with Crippen LogP contribution in [0.5, 0.6) is 0 Å². The lowest BCUT2D eigenvalue weighted by molar-refractivity contribution is -0.163. The average Bonchev–Trinajstić information content (AvgIpc) is 3.03. The van der Waals surface area contributed by atoms with E-state index in [-0.39, 0.29) is 17.4 Å². The maximum absolute atomic E-state index is 15.1. The van der Waals surface area contributed by atoms with Crippen molar-refractivity contribution in [3.05, 3.63) is 144 Å². The number of aliphatic imine (C=N–C) groups is 1. The van der Waals surface area contributed by atoms with Crippen LogP contribution in [0, 0.1) is 11.8 Å². The fraction of sp³-hybridized carbons (Fsp3) is 0.316. The highest BCUT2D eigenvalue weighted by Gasteiger charge is 2.53. The molecule has 0 radical (unpaired) electrons. The van der Waals surface area contributed by atoms with Crippen molar-refractivity contribution in [3.63, 3.8) is 0 Å². The van der Waals surface area contributed by atoms with Gasteiger partial charge in [0.2, 0.25) is 6.08 Å². The van der Waals surface area contributed by atoms with Gasteiger partial charge < -0.3 is 4.74 Å². The van der Waals surface area contributed by atoms with Crippen molar-refractivity contribution < 1.29 is 14.3 Å². The van der Waals surface area contributed by atoms with Crippen molar-refractivity contribution in [2.75, 3.05) is 0 Å². The molecule has 1 fully saturated rings. The average molecular weight is 558 g/mol. The SMILES string of the molecule is C[C@@H]1CC[C@@H](C(C)(C)c2ccccc2)[C@H](OC(=O)C(c2ccccc2)(c2ccccc2)[C@@H](N=C=O)c2ccccc2)C1. The first-order valence-corrected chi connectivity index (χ1v) is 14.9. The van der Waals surface area contributed by atoms with E-state index < -0.39 is 17.4 Å². The number of hydrogen-bond donors (Lipinski definition) is 0. The number of nitrogens with zero attached hydrogens (tertiary/aromatic N) is 1. The molecule has 214 valence electrons. The van der Waals surface area contributed by atoms with Crippen LogP contribution < -0.4 is 0 Å². The number of esters is 1. The number of ether oxygens (including phenoxy) is 1. The lowest BCUT2D eigenvalue weighted by Crippen LogP contribution is -2.49. The summed E-state index contributed by atoms with van der Waals surface area (Å²) in [6.07, 6.45) is 4.31. The van der Waals surface area contributed by atoms with Crippen LogP contribution >= 0.6 is 0 Å². The van der Waals surface area contributed by atoms with Crippen LogP contribution in [0.25, 0.3) is 0 Å². The summed E-state index contributed by atoms with van der Waals surface area (Å²) in [6.45, 7) is 6.75. The molecule has 0 saturated heterocycles. The van der Waals surface area contributed by atoms with Crippen molar-refractivity contribution in [2.45, 2.75) is 63.0 Å². The van der Waals surface area contributed by atoms with Crippen LogP contribution in [-0.4, -0.2) is 18.2 Å². The summed E-state index contributed by atoms with van der Waals surface area (Å²) in [5.74, 6) is 0.140. The molecule has 0 bridgehead atoms. The van der Waals surface area contributed by atoms with Crippen LogP contribution in [0.15, 0.2) is 126 Å². The van der Waals surface area contributed by atoms with Crippen molar-refractivity contribution in [3.8, 4) is 0 Å². The van der Waals surface area contributed by atoms with E-state index in [1.54, 1.807) is 6.08 Å². The molecule has 0 amide bonds. The van der Waals surface area contributed by atoms with E-state index in [9.17, 15) is 4.79 Å². The van der Waals surface area contributed by atoms with Crippen LogP contribution in [0.1, 0.15) is 68.3 Å². The van der Waals surface area contributed by atoms with E-state index in [1.807, 2.05) is 97.1 Å². The van der Waals surface area contributed by atoms with Crippen LogP contribution in [0.4, 0.5) is 0 Å². The minimum Gasteiger partial charge on any atom is -0.461 e. The van der Waals surface area contributed by atoms with Gasteiger partial charge in [0.1, 0.15) is 17.6 Å². The molecule has 42 heavy (non-hydrogen) atoms. The van der Waals surface area contributed by atoms with E-state index >= 15 is 4.79 Å². The smallest absolute Gasteiger partial charge is 0.323 e. The van der Waals surface area contributed by atoms with Gasteiger partial charge in [-0.3, -0.25) is 4.79 Å². The zero-order valence-corrected chi connectivity index (χ0v) is 24.6. The topological polar surface area (TPSA) is 55.7 Å². The Balaban J connectivity index is 1.68. The van der Waals surface area contributed by atoms with Crippen LogP contribution in [0.2, 0.25) is 0 Å². The molecule has 0 unspecified atom stereocenters. The molecule has 4 heteroatoms. The predicted octanol–water partition coefficient (Wildman–Crippen LogP) is 8.38. The molecule has 4 nitrogen and oxygen atoms in total. The van der Waals surface area contributed by atoms with Gasteiger partial charge in [0.05, 0.1) is 0 Å². The first-order valence-electron chi connectivity index (χ1n) is 14.9. The molecule has 0 heterocycles. The van der Waals surface area contributed by atoms with Gasteiger partial charge in [0, 0.05) is 5.92 Å². The molecule has 0 aromatic heterocycles. The summed E-state index contributed by atoms with van der Waals surface area (Å²) in [6, 6.07) is 38.4. The normalized spacial score (nSPS) is 19.7. The van der Waals surface area contributed by atoms with Gasteiger partial charge >= 0.3 is 5.97 Å². The number of rotatable bonds is 9. The van der Waals surface area contributed by atoms with E-state index in [2.05, 4.69) is 50.0 Å². The van der Waals surface area contributed by atoms with Gasteiger partial charge in [0.15, 0.2) is 0 Å². The third kappa shape index (κ3) is 5.60. The summed E-state index contributed by atoms with van der Waals surface area (Å²) in [4.78, 5) is 31.5. The number of carbonyl (C=O) groups excluding carboxylic acids is 2. The van der Waals surface area contributed by atoms with Crippen molar-refractivity contribution in [1.82, 2.24) is 0 Å². The van der Waals surface area contributed by atoms with Crippen LogP contribution in [-0.2, 0) is 25.2 Å². The zero-order chi connectivity index (χ0) is 29.6. The quantitative estimate of drug-likeness (QED) is 0.118. The molecule has 4 aromatic carbocycles. The lowest BCUT2D eigenvalue weighted by atomic mass is 9.64. The Hall–Kier alpha value is -4.27. The molecule has 0 N–H and O–H groups in total. The standard InChI is InChI=1S/C38H39NO3/c1-28-24-25-33(37(2,3)30-18-10-5-11-19-30)34(26-28)42-36(41)38(31-20-12-6-13-21-31,32-22-14-7-15-23-32)35(39-27-40)29-16-8-4-9-17-29/h4-23,28,33-35H,24-26H2,1-3H3/t28-,33-,34-,35+/m1/s1. The van der Waals surface area contributed by atoms with Crippen molar-refractivity contribution in [2.24, 2.45) is 16.8 Å². The first-order chi connectivity index (χ1) is 20.4. The Morgan fingerprint density at radius 2 is 1.24 bits per heavy atom. The van der Waals surface area contributed by atoms with Gasteiger partial charge in [-0.05, 0) is 46.4 Å². The minimum atomic E-state index is -1.41. The lowest BCUT2D eigenvalue weighted by Gasteiger charge is -2.46. The summed E-state index contributed by atoms with van der Waals surface area (Å²) in [7, 11) is 0. The maximum atomic E-state index is 15.1. The maximum Gasteiger partial charge on any atom is 0.323 e. The van der Waals surface area contributed by atoms with E-state index in [1.165, 1.54) is 5.56 Å². The Bertz CT molecular complexity index is 1460. The Labute approximate surface area is 249 Å². The first kappa shape index (κ1) is 29.2. The van der Waals surface area contributed by atoms with Crippen LogP contribution in [0.3, 0.4) is 0 Å². The van der Waals surface area contributed by atoms with E-state index in [4.69, 9.17) is 4.74 Å². The predicted molar refractivity (Wildman–Crippen MR) is 167 cm³/mol. The second-order valence-corrected chi connectivity index (χ2v) is 12.1. The zero-order valence-electron chi connectivity index (χ0n) is 24.6. The monoisotopic (exact) mass is 557 g/mol. The highest BCUT2D eigenvalue weighted by molar-refractivity contribution is 5.89. The van der Waals surface area contributed by atoms with Gasteiger partial charge in [0.25, 0.3) is 0 Å². The molecule has 1 aliphatic carbocycles. The molecule has 1 saturated carbocycles. The second-order valence-electron chi connectivity index (χ2n) is 12.1. The third-order valence-electron chi connectivity index (χ3n) is 9.24. The number of hydrogen-bond acceptors (Lipinski definition) is 4. The Kier molecular flexibility index (Phi) is 8.85.